The topological polar surface area (TPSA) is 44.9 Å². The number of aryl methyl sites for hydroxylation is 1. The minimum Gasteiger partial charge on any atom is -0.361 e. The molecule has 0 spiro atoms. The molecule has 1 heterocycles. The van der Waals surface area contributed by atoms with Crippen molar-refractivity contribution in [3.05, 3.63) is 70.9 Å². The van der Waals surface area contributed by atoms with Crippen molar-refractivity contribution in [1.82, 2.24) is 10.3 Å². The van der Waals surface area contributed by atoms with Gasteiger partial charge in [-0.3, -0.25) is 4.79 Å². The summed E-state index contributed by atoms with van der Waals surface area (Å²) in [4.78, 5) is 15.6. The minimum atomic E-state index is 0.0535. The number of H-pyrrole nitrogens is 1. The summed E-state index contributed by atoms with van der Waals surface area (Å²) in [6, 6.07) is 16.1. The Balaban J connectivity index is 0.000000239. The van der Waals surface area contributed by atoms with Gasteiger partial charge in [-0.2, -0.15) is 0 Å². The number of rotatable bonds is 3. The molecule has 1 aliphatic carbocycles. The average molecular weight is 425 g/mol. The fraction of sp³-hybridized carbons (Fsp3) is 0.423. The van der Waals surface area contributed by atoms with E-state index in [2.05, 4.69) is 31.1 Å². The van der Waals surface area contributed by atoms with E-state index in [1.54, 1.807) is 0 Å². The third kappa shape index (κ3) is 6.37. The molecule has 160 valence electrons. The Morgan fingerprint density at radius 2 is 1.70 bits per heavy atom. The zero-order valence-electron chi connectivity index (χ0n) is 18.2. The number of carbonyl (C=O) groups excluding carboxylic acids is 1. The third-order valence-corrected chi connectivity index (χ3v) is 6.25. The molecule has 2 aromatic carbocycles. The second kappa shape index (κ2) is 10.7. The van der Waals surface area contributed by atoms with Crippen molar-refractivity contribution in [2.75, 3.05) is 0 Å². The molecule has 3 atom stereocenters. The van der Waals surface area contributed by atoms with Crippen molar-refractivity contribution in [2.45, 2.75) is 58.9 Å². The summed E-state index contributed by atoms with van der Waals surface area (Å²) in [6.45, 7) is 6.72. The largest absolute Gasteiger partial charge is 0.361 e. The molecule has 1 amide bonds. The summed E-state index contributed by atoms with van der Waals surface area (Å²) in [7, 11) is 0. The average Bonchev–Trinajstić information content (AvgIpc) is 3.14. The highest BCUT2D eigenvalue weighted by Crippen LogP contribution is 2.27. The first-order valence-electron chi connectivity index (χ1n) is 11.1. The van der Waals surface area contributed by atoms with Crippen LogP contribution < -0.4 is 5.32 Å². The summed E-state index contributed by atoms with van der Waals surface area (Å²) in [5.74, 6) is 1.45. The molecule has 1 aromatic heterocycles. The maximum Gasteiger partial charge on any atom is 0.251 e. The number of hydrogen-bond donors (Lipinski definition) is 2. The number of hydrogen-bond acceptors (Lipinski definition) is 1. The zero-order valence-corrected chi connectivity index (χ0v) is 19.0. The third-order valence-electron chi connectivity index (χ3n) is 6.00. The van der Waals surface area contributed by atoms with Gasteiger partial charge in [0.2, 0.25) is 0 Å². The summed E-state index contributed by atoms with van der Waals surface area (Å²) in [5.41, 5.74) is 3.10. The molecule has 4 heteroatoms. The predicted octanol–water partition coefficient (Wildman–Crippen LogP) is 7.01. The van der Waals surface area contributed by atoms with Gasteiger partial charge < -0.3 is 10.3 Å². The van der Waals surface area contributed by atoms with Crippen molar-refractivity contribution in [3.63, 3.8) is 0 Å². The number of halogens is 1. The zero-order chi connectivity index (χ0) is 21.5. The molecule has 2 N–H and O–H groups in total. The van der Waals surface area contributed by atoms with Crippen LogP contribution in [0.25, 0.3) is 10.9 Å². The Hall–Kier alpha value is -2.26. The first-order chi connectivity index (χ1) is 14.4. The lowest BCUT2D eigenvalue weighted by molar-refractivity contribution is 0.0929. The highest BCUT2D eigenvalue weighted by molar-refractivity contribution is 6.30. The van der Waals surface area contributed by atoms with Crippen LogP contribution >= 0.6 is 11.6 Å². The van der Waals surface area contributed by atoms with E-state index in [4.69, 9.17) is 11.6 Å². The van der Waals surface area contributed by atoms with Crippen LogP contribution in [0.5, 0.6) is 0 Å². The number of fused-ring (bicyclic) bond motifs is 1. The van der Waals surface area contributed by atoms with Gasteiger partial charge in [0.15, 0.2) is 0 Å². The Labute approximate surface area is 185 Å². The van der Waals surface area contributed by atoms with E-state index in [1.807, 2.05) is 54.7 Å². The van der Waals surface area contributed by atoms with Crippen molar-refractivity contribution < 1.29 is 4.79 Å². The SMILES string of the molecule is CCc1ccc(Cl)cc1.C[C@@H]1CC[C@H](C)CC(NC(=O)c2ccc3cc[nH]c3c2)C1. The highest BCUT2D eigenvalue weighted by Gasteiger charge is 2.23. The summed E-state index contributed by atoms with van der Waals surface area (Å²) >= 11 is 5.67. The molecule has 4 rings (SSSR count). The molecule has 1 unspecified atom stereocenters. The van der Waals surface area contributed by atoms with Gasteiger partial charge in [0, 0.05) is 28.3 Å². The lowest BCUT2D eigenvalue weighted by atomic mass is 9.99. The van der Waals surface area contributed by atoms with Gasteiger partial charge >= 0.3 is 0 Å². The molecule has 30 heavy (non-hydrogen) atoms. The number of nitrogens with one attached hydrogen (secondary N) is 2. The van der Waals surface area contributed by atoms with Crippen LogP contribution in [0.3, 0.4) is 0 Å². The van der Waals surface area contributed by atoms with E-state index >= 15 is 0 Å². The molecule has 1 saturated carbocycles. The van der Waals surface area contributed by atoms with Crippen LogP contribution in [0.2, 0.25) is 5.02 Å². The molecule has 0 aliphatic heterocycles. The number of aromatic amines is 1. The van der Waals surface area contributed by atoms with Crippen LogP contribution in [0.1, 0.15) is 62.4 Å². The van der Waals surface area contributed by atoms with E-state index in [0.717, 1.165) is 40.8 Å². The quantitative estimate of drug-likeness (QED) is 0.436. The second-order valence-corrected chi connectivity index (χ2v) is 9.13. The van der Waals surface area contributed by atoms with Crippen molar-refractivity contribution in [3.8, 4) is 0 Å². The van der Waals surface area contributed by atoms with Crippen molar-refractivity contribution in [2.24, 2.45) is 11.8 Å². The van der Waals surface area contributed by atoms with E-state index in [9.17, 15) is 4.79 Å². The molecule has 1 aliphatic rings. The standard InChI is InChI=1S/C18H24N2O.C8H9Cl/c1-12-3-4-13(2)10-16(9-12)20-18(21)15-6-5-14-7-8-19-17(14)11-15;1-2-7-3-5-8(9)6-4-7/h5-8,11-13,16,19H,3-4,9-10H2,1-2H3,(H,20,21);3-6H,2H2,1H3/t12-,13+,16?;. The molecule has 0 radical (unpaired) electrons. The Bertz CT molecular complexity index is 935. The monoisotopic (exact) mass is 424 g/mol. The Morgan fingerprint density at radius 3 is 2.33 bits per heavy atom. The maximum absolute atomic E-state index is 12.5. The number of amides is 1. The predicted molar refractivity (Wildman–Crippen MR) is 127 cm³/mol. The first kappa shape index (κ1) is 22.4. The van der Waals surface area contributed by atoms with Crippen LogP contribution in [0.15, 0.2) is 54.7 Å². The number of carbonyl (C=O) groups is 1. The van der Waals surface area contributed by atoms with Gasteiger partial charge in [-0.05, 0) is 72.4 Å². The van der Waals surface area contributed by atoms with Crippen LogP contribution in [-0.2, 0) is 6.42 Å². The van der Waals surface area contributed by atoms with Gasteiger partial charge in [-0.25, -0.2) is 0 Å². The Kier molecular flexibility index (Phi) is 7.98. The van der Waals surface area contributed by atoms with Gasteiger partial charge in [0.25, 0.3) is 5.91 Å². The van der Waals surface area contributed by atoms with E-state index in [-0.39, 0.29) is 5.91 Å². The normalized spacial score (nSPS) is 21.4. The Morgan fingerprint density at radius 1 is 1.03 bits per heavy atom. The summed E-state index contributed by atoms with van der Waals surface area (Å²) in [5, 5.41) is 5.19. The molecule has 0 saturated heterocycles. The van der Waals surface area contributed by atoms with Gasteiger partial charge in [0.05, 0.1) is 0 Å². The van der Waals surface area contributed by atoms with Gasteiger partial charge in [-0.1, -0.05) is 63.4 Å². The fourth-order valence-electron chi connectivity index (χ4n) is 4.17. The highest BCUT2D eigenvalue weighted by atomic mass is 35.5. The molecular weight excluding hydrogens is 392 g/mol. The number of benzene rings is 2. The van der Waals surface area contributed by atoms with E-state index in [1.165, 1.54) is 18.4 Å². The molecule has 3 aromatic rings. The van der Waals surface area contributed by atoms with Crippen molar-refractivity contribution in [1.29, 1.82) is 0 Å². The lowest BCUT2D eigenvalue weighted by Gasteiger charge is -2.20. The summed E-state index contributed by atoms with van der Waals surface area (Å²) < 4.78 is 0. The van der Waals surface area contributed by atoms with Gasteiger partial charge in [0.1, 0.15) is 0 Å². The smallest absolute Gasteiger partial charge is 0.251 e. The molecule has 1 fully saturated rings. The van der Waals surface area contributed by atoms with Crippen LogP contribution in [-0.4, -0.2) is 16.9 Å². The molecule has 0 bridgehead atoms. The molecule has 3 nitrogen and oxygen atoms in total. The molecular formula is C26H33ClN2O. The van der Waals surface area contributed by atoms with Gasteiger partial charge in [-0.15, -0.1) is 0 Å². The lowest BCUT2D eigenvalue weighted by Crippen LogP contribution is -2.36. The van der Waals surface area contributed by atoms with E-state index < -0.39 is 0 Å². The van der Waals surface area contributed by atoms with E-state index in [0.29, 0.717) is 17.9 Å². The minimum absolute atomic E-state index is 0.0535. The number of aromatic nitrogens is 1. The van der Waals surface area contributed by atoms with Crippen LogP contribution in [0, 0.1) is 11.8 Å². The summed E-state index contributed by atoms with van der Waals surface area (Å²) in [6.07, 6.45) is 7.74. The fourth-order valence-corrected chi connectivity index (χ4v) is 4.29. The van der Waals surface area contributed by atoms with Crippen LogP contribution in [0.4, 0.5) is 0 Å². The van der Waals surface area contributed by atoms with Crippen molar-refractivity contribution >= 4 is 28.4 Å². The maximum atomic E-state index is 12.5. The first-order valence-corrected chi connectivity index (χ1v) is 11.4. The second-order valence-electron chi connectivity index (χ2n) is 8.69.